The first-order valence-corrected chi connectivity index (χ1v) is 9.40. The van der Waals surface area contributed by atoms with Gasteiger partial charge in [-0.25, -0.2) is 9.59 Å². The Bertz CT molecular complexity index is 891. The molecule has 2 aromatic rings. The van der Waals surface area contributed by atoms with Crippen molar-refractivity contribution in [2.24, 2.45) is 5.92 Å². The number of carbonyl (C=O) groups is 4. The van der Waals surface area contributed by atoms with Gasteiger partial charge in [-0.2, -0.15) is 0 Å². The molecule has 2 N–H and O–H groups in total. The summed E-state index contributed by atoms with van der Waals surface area (Å²) in [7, 11) is 0. The van der Waals surface area contributed by atoms with Crippen LogP contribution >= 0.6 is 0 Å². The molecular formula is C21H24N2O7. The topological polar surface area (TPSA) is 124 Å². The van der Waals surface area contributed by atoms with Crippen molar-refractivity contribution in [3.8, 4) is 0 Å². The number of anilines is 1. The maximum Gasteiger partial charge on any atom is 0.340 e. The Morgan fingerprint density at radius 1 is 1.03 bits per heavy atom. The molecule has 0 saturated carbocycles. The fraction of sp³-hybridized carbons (Fsp3) is 0.333. The maximum absolute atomic E-state index is 12.4. The van der Waals surface area contributed by atoms with Crippen LogP contribution < -0.4 is 10.6 Å². The molecule has 0 bridgehead atoms. The lowest BCUT2D eigenvalue weighted by Gasteiger charge is -2.20. The molecule has 0 aliphatic carbocycles. The quantitative estimate of drug-likeness (QED) is 0.602. The second-order valence-corrected chi connectivity index (χ2v) is 6.59. The number of nitrogens with one attached hydrogen (secondary N) is 2. The normalized spacial score (nSPS) is 11.5. The molecule has 1 heterocycles. The second-order valence-electron chi connectivity index (χ2n) is 6.59. The molecule has 9 heteroatoms. The number of furan rings is 1. The molecule has 0 fully saturated rings. The lowest BCUT2D eigenvalue weighted by atomic mass is 10.0. The van der Waals surface area contributed by atoms with E-state index in [1.165, 1.54) is 24.5 Å². The first kappa shape index (κ1) is 22.7. The van der Waals surface area contributed by atoms with Crippen LogP contribution in [0, 0.1) is 5.92 Å². The number of benzene rings is 1. The third-order valence-electron chi connectivity index (χ3n) is 3.99. The van der Waals surface area contributed by atoms with E-state index in [1.54, 1.807) is 39.0 Å². The number of carbonyl (C=O) groups excluding carboxylic acids is 4. The summed E-state index contributed by atoms with van der Waals surface area (Å²) < 4.78 is 15.0. The summed E-state index contributed by atoms with van der Waals surface area (Å²) in [5.74, 6) is -2.78. The van der Waals surface area contributed by atoms with Crippen molar-refractivity contribution in [1.82, 2.24) is 5.32 Å². The van der Waals surface area contributed by atoms with Crippen LogP contribution in [-0.4, -0.2) is 43.0 Å². The van der Waals surface area contributed by atoms with E-state index in [2.05, 4.69) is 10.6 Å². The Kier molecular flexibility index (Phi) is 8.16. The summed E-state index contributed by atoms with van der Waals surface area (Å²) in [6.07, 6.45) is 1.34. The van der Waals surface area contributed by atoms with Gasteiger partial charge < -0.3 is 24.5 Å². The zero-order valence-corrected chi connectivity index (χ0v) is 17.0. The maximum atomic E-state index is 12.4. The van der Waals surface area contributed by atoms with Gasteiger partial charge in [0.25, 0.3) is 11.8 Å². The van der Waals surface area contributed by atoms with Gasteiger partial charge in [-0.3, -0.25) is 9.59 Å². The summed E-state index contributed by atoms with van der Waals surface area (Å²) in [5, 5.41) is 5.05. The van der Waals surface area contributed by atoms with Gasteiger partial charge in [0.2, 0.25) is 0 Å². The SMILES string of the molecule is CCOC(=O)c1ccccc1NC(=O)COC(=O)[C@@H](NC(=O)c1ccco1)C(C)C. The van der Waals surface area contributed by atoms with E-state index in [1.807, 2.05) is 0 Å². The summed E-state index contributed by atoms with van der Waals surface area (Å²) >= 11 is 0. The second kappa shape index (κ2) is 10.8. The van der Waals surface area contributed by atoms with E-state index in [0.29, 0.717) is 0 Å². The highest BCUT2D eigenvalue weighted by Gasteiger charge is 2.27. The summed E-state index contributed by atoms with van der Waals surface area (Å²) in [6.45, 7) is 4.73. The van der Waals surface area contributed by atoms with Gasteiger partial charge in [0.05, 0.1) is 24.1 Å². The molecule has 1 aromatic carbocycles. The van der Waals surface area contributed by atoms with E-state index in [9.17, 15) is 19.2 Å². The van der Waals surface area contributed by atoms with Gasteiger partial charge in [-0.05, 0) is 37.1 Å². The molecule has 0 spiro atoms. The molecular weight excluding hydrogens is 392 g/mol. The molecule has 2 amide bonds. The Hall–Kier alpha value is -3.62. The lowest BCUT2D eigenvalue weighted by molar-refractivity contribution is -0.150. The monoisotopic (exact) mass is 416 g/mol. The van der Waals surface area contributed by atoms with Crippen molar-refractivity contribution in [1.29, 1.82) is 0 Å². The average Bonchev–Trinajstić information content (AvgIpc) is 3.25. The predicted octanol–water partition coefficient (Wildman–Crippen LogP) is 2.39. The molecule has 9 nitrogen and oxygen atoms in total. The van der Waals surface area contributed by atoms with E-state index >= 15 is 0 Å². The van der Waals surface area contributed by atoms with Gasteiger partial charge in [0.1, 0.15) is 6.04 Å². The van der Waals surface area contributed by atoms with Crippen LogP contribution in [0.15, 0.2) is 47.1 Å². The van der Waals surface area contributed by atoms with Crippen LogP contribution in [0.3, 0.4) is 0 Å². The lowest BCUT2D eigenvalue weighted by Crippen LogP contribution is -2.45. The van der Waals surface area contributed by atoms with Gasteiger partial charge in [-0.15, -0.1) is 0 Å². The number of amides is 2. The van der Waals surface area contributed by atoms with E-state index in [4.69, 9.17) is 13.9 Å². The van der Waals surface area contributed by atoms with Gasteiger partial charge in [0, 0.05) is 0 Å². The molecule has 30 heavy (non-hydrogen) atoms. The molecule has 0 saturated heterocycles. The standard InChI is InChI=1S/C21H24N2O7/c1-4-28-20(26)14-8-5-6-9-15(14)22-17(24)12-30-21(27)18(13(2)3)23-19(25)16-10-7-11-29-16/h5-11,13,18H,4,12H2,1-3H3,(H,22,24)(H,23,25)/t18-/m0/s1. The fourth-order valence-corrected chi connectivity index (χ4v) is 2.51. The first-order valence-electron chi connectivity index (χ1n) is 9.40. The molecule has 1 aromatic heterocycles. The Morgan fingerprint density at radius 3 is 2.40 bits per heavy atom. The molecule has 0 radical (unpaired) electrons. The third kappa shape index (κ3) is 6.20. The summed E-state index contributed by atoms with van der Waals surface area (Å²) in [5.41, 5.74) is 0.424. The minimum atomic E-state index is -0.970. The van der Waals surface area contributed by atoms with Gasteiger partial charge in [0.15, 0.2) is 12.4 Å². The van der Waals surface area contributed by atoms with Crippen LogP contribution in [0.1, 0.15) is 41.7 Å². The van der Waals surface area contributed by atoms with Gasteiger partial charge in [-0.1, -0.05) is 26.0 Å². The van der Waals surface area contributed by atoms with Crippen molar-refractivity contribution in [3.63, 3.8) is 0 Å². The van der Waals surface area contributed by atoms with E-state index in [-0.39, 0.29) is 29.5 Å². The molecule has 0 aliphatic heterocycles. The predicted molar refractivity (Wildman–Crippen MR) is 107 cm³/mol. The molecule has 2 rings (SSSR count). The van der Waals surface area contributed by atoms with Gasteiger partial charge >= 0.3 is 11.9 Å². The number of ether oxygens (including phenoxy) is 2. The largest absolute Gasteiger partial charge is 0.462 e. The number of esters is 2. The van der Waals surface area contributed by atoms with Crippen LogP contribution in [-0.2, 0) is 19.1 Å². The average molecular weight is 416 g/mol. The highest BCUT2D eigenvalue weighted by Crippen LogP contribution is 2.16. The van der Waals surface area contributed by atoms with Crippen LogP contribution in [0.25, 0.3) is 0 Å². The van der Waals surface area contributed by atoms with Crippen molar-refractivity contribution in [3.05, 3.63) is 54.0 Å². The highest BCUT2D eigenvalue weighted by molar-refractivity contribution is 6.02. The minimum absolute atomic E-state index is 0.0572. The van der Waals surface area contributed by atoms with Crippen molar-refractivity contribution < 1.29 is 33.1 Å². The molecule has 0 aliphatic rings. The molecule has 0 unspecified atom stereocenters. The Labute approximate surface area is 173 Å². The van der Waals surface area contributed by atoms with Crippen LogP contribution in [0.2, 0.25) is 0 Å². The fourth-order valence-electron chi connectivity index (χ4n) is 2.51. The molecule has 160 valence electrons. The number of hydrogen-bond donors (Lipinski definition) is 2. The third-order valence-corrected chi connectivity index (χ3v) is 3.99. The smallest absolute Gasteiger partial charge is 0.340 e. The summed E-state index contributed by atoms with van der Waals surface area (Å²) in [4.78, 5) is 48.7. The van der Waals surface area contributed by atoms with Crippen molar-refractivity contribution in [2.75, 3.05) is 18.5 Å². The molecule has 1 atom stereocenters. The van der Waals surface area contributed by atoms with E-state index in [0.717, 1.165) is 0 Å². The minimum Gasteiger partial charge on any atom is -0.462 e. The number of rotatable bonds is 9. The number of hydrogen-bond acceptors (Lipinski definition) is 7. The zero-order chi connectivity index (χ0) is 22.1. The Morgan fingerprint density at radius 2 is 1.77 bits per heavy atom. The summed E-state index contributed by atoms with van der Waals surface area (Å²) in [6, 6.07) is 8.37. The highest BCUT2D eigenvalue weighted by atomic mass is 16.5. The van der Waals surface area contributed by atoms with E-state index < -0.39 is 36.4 Å². The van der Waals surface area contributed by atoms with Crippen molar-refractivity contribution >= 4 is 29.4 Å². The van der Waals surface area contributed by atoms with Crippen LogP contribution in [0.4, 0.5) is 5.69 Å². The Balaban J connectivity index is 1.95. The first-order chi connectivity index (χ1) is 14.3. The zero-order valence-electron chi connectivity index (χ0n) is 17.0. The number of para-hydroxylation sites is 1. The van der Waals surface area contributed by atoms with Crippen molar-refractivity contribution in [2.45, 2.75) is 26.8 Å². The van der Waals surface area contributed by atoms with Crippen LogP contribution in [0.5, 0.6) is 0 Å².